The van der Waals surface area contributed by atoms with Crippen LogP contribution in [0.3, 0.4) is 0 Å². The van der Waals surface area contributed by atoms with Crippen LogP contribution in [-0.4, -0.2) is 54.2 Å². The quantitative estimate of drug-likeness (QED) is 0.778. The van der Waals surface area contributed by atoms with Crippen LogP contribution in [0.2, 0.25) is 0 Å². The molecule has 1 aromatic rings. The molecule has 2 aliphatic rings. The minimum absolute atomic E-state index is 0.697. The monoisotopic (exact) mass is 275 g/mol. The number of benzene rings is 1. The topological polar surface area (TPSA) is 18.5 Å². The van der Waals surface area contributed by atoms with E-state index in [-0.39, 0.29) is 0 Å². The average molecular weight is 275 g/mol. The highest BCUT2D eigenvalue weighted by molar-refractivity contribution is 7.80. The molecule has 1 aliphatic heterocycles. The van der Waals surface area contributed by atoms with Gasteiger partial charge in [0, 0.05) is 39.3 Å². The summed E-state index contributed by atoms with van der Waals surface area (Å²) in [5.41, 5.74) is 3.08. The molecule has 0 radical (unpaired) electrons. The van der Waals surface area contributed by atoms with Crippen LogP contribution in [0, 0.1) is 0 Å². The highest BCUT2D eigenvalue weighted by Gasteiger charge is 2.29. The molecule has 0 unspecified atom stereocenters. The van der Waals surface area contributed by atoms with Crippen molar-refractivity contribution in [1.82, 2.24) is 15.1 Å². The molecule has 0 saturated carbocycles. The van der Waals surface area contributed by atoms with Gasteiger partial charge < -0.3 is 10.2 Å². The first-order chi connectivity index (χ1) is 9.28. The van der Waals surface area contributed by atoms with Crippen molar-refractivity contribution in [3.05, 3.63) is 35.4 Å². The third-order valence-electron chi connectivity index (χ3n) is 4.36. The van der Waals surface area contributed by atoms with Crippen molar-refractivity contribution in [2.45, 2.75) is 18.9 Å². The molecule has 0 atom stereocenters. The largest absolute Gasteiger partial charge is 0.366 e. The van der Waals surface area contributed by atoms with Crippen LogP contribution in [0.4, 0.5) is 0 Å². The number of hydrogen-bond acceptors (Lipinski definition) is 2. The van der Waals surface area contributed by atoms with Crippen LogP contribution < -0.4 is 5.32 Å². The SMILES string of the molecule is CNC(=S)N1CCN(C2Cc3ccccc3C2)CC1. The number of fused-ring (bicyclic) bond motifs is 1. The summed E-state index contributed by atoms with van der Waals surface area (Å²) in [5, 5.41) is 3.96. The van der Waals surface area contributed by atoms with Gasteiger partial charge in [-0.05, 0) is 36.2 Å². The maximum Gasteiger partial charge on any atom is 0.168 e. The van der Waals surface area contributed by atoms with Crippen molar-refractivity contribution in [3.63, 3.8) is 0 Å². The fourth-order valence-electron chi connectivity index (χ4n) is 3.24. The first-order valence-corrected chi connectivity index (χ1v) is 7.46. The van der Waals surface area contributed by atoms with E-state index in [1.165, 1.54) is 12.8 Å². The summed E-state index contributed by atoms with van der Waals surface area (Å²) in [5.74, 6) is 0. The van der Waals surface area contributed by atoms with Gasteiger partial charge in [0.25, 0.3) is 0 Å². The Kier molecular flexibility index (Phi) is 3.71. The molecule has 19 heavy (non-hydrogen) atoms. The molecule has 3 rings (SSSR count). The molecular weight excluding hydrogens is 254 g/mol. The summed E-state index contributed by atoms with van der Waals surface area (Å²) in [6.45, 7) is 4.35. The lowest BCUT2D eigenvalue weighted by Crippen LogP contribution is -2.53. The molecule has 1 saturated heterocycles. The van der Waals surface area contributed by atoms with Crippen LogP contribution in [0.25, 0.3) is 0 Å². The van der Waals surface area contributed by atoms with Crippen LogP contribution in [0.15, 0.2) is 24.3 Å². The van der Waals surface area contributed by atoms with Gasteiger partial charge in [0.2, 0.25) is 0 Å². The molecule has 102 valence electrons. The first-order valence-electron chi connectivity index (χ1n) is 7.05. The van der Waals surface area contributed by atoms with Gasteiger partial charge in [0.05, 0.1) is 0 Å². The van der Waals surface area contributed by atoms with Gasteiger partial charge in [-0.3, -0.25) is 4.90 Å². The zero-order valence-electron chi connectivity index (χ0n) is 11.4. The molecule has 4 heteroatoms. The van der Waals surface area contributed by atoms with Gasteiger partial charge >= 0.3 is 0 Å². The van der Waals surface area contributed by atoms with Gasteiger partial charge in [-0.25, -0.2) is 0 Å². The molecule has 1 aromatic carbocycles. The number of thiocarbonyl (C=S) groups is 1. The molecule has 0 spiro atoms. The number of rotatable bonds is 1. The van der Waals surface area contributed by atoms with E-state index in [1.807, 2.05) is 7.05 Å². The van der Waals surface area contributed by atoms with Gasteiger partial charge in [-0.1, -0.05) is 24.3 Å². The maximum atomic E-state index is 5.30. The van der Waals surface area contributed by atoms with E-state index in [0.29, 0.717) is 6.04 Å². The van der Waals surface area contributed by atoms with Crippen LogP contribution in [-0.2, 0) is 12.8 Å². The predicted molar refractivity (Wildman–Crippen MR) is 82.4 cm³/mol. The third-order valence-corrected chi connectivity index (χ3v) is 4.82. The molecule has 1 fully saturated rings. The number of nitrogens with one attached hydrogen (secondary N) is 1. The van der Waals surface area contributed by atoms with Crippen LogP contribution in [0.1, 0.15) is 11.1 Å². The zero-order chi connectivity index (χ0) is 13.2. The standard InChI is InChI=1S/C15H21N3S/c1-16-15(19)18-8-6-17(7-9-18)14-10-12-4-2-3-5-13(12)11-14/h2-5,14H,6-11H2,1H3,(H,16,19). The first kappa shape index (κ1) is 12.9. The minimum atomic E-state index is 0.697. The smallest absolute Gasteiger partial charge is 0.168 e. The molecule has 0 aromatic heterocycles. The van der Waals surface area contributed by atoms with Gasteiger partial charge in [0.15, 0.2) is 5.11 Å². The molecule has 1 N–H and O–H groups in total. The Bertz CT molecular complexity index is 441. The predicted octanol–water partition coefficient (Wildman–Crippen LogP) is 1.28. The Labute approximate surface area is 120 Å². The van der Waals surface area contributed by atoms with E-state index in [2.05, 4.69) is 39.4 Å². The van der Waals surface area contributed by atoms with Crippen molar-refractivity contribution >= 4 is 17.3 Å². The van der Waals surface area contributed by atoms with Gasteiger partial charge in [0.1, 0.15) is 0 Å². The Morgan fingerprint density at radius 1 is 1.11 bits per heavy atom. The van der Waals surface area contributed by atoms with E-state index in [4.69, 9.17) is 12.2 Å². The summed E-state index contributed by atoms with van der Waals surface area (Å²) in [7, 11) is 1.91. The van der Waals surface area contributed by atoms with E-state index in [1.54, 1.807) is 11.1 Å². The van der Waals surface area contributed by atoms with E-state index in [0.717, 1.165) is 31.3 Å². The maximum absolute atomic E-state index is 5.30. The Morgan fingerprint density at radius 3 is 2.21 bits per heavy atom. The second kappa shape index (κ2) is 5.47. The number of nitrogens with zero attached hydrogens (tertiary/aromatic N) is 2. The minimum Gasteiger partial charge on any atom is -0.366 e. The summed E-state index contributed by atoms with van der Waals surface area (Å²) < 4.78 is 0. The summed E-state index contributed by atoms with van der Waals surface area (Å²) in [4.78, 5) is 4.91. The van der Waals surface area contributed by atoms with Crippen LogP contribution in [0.5, 0.6) is 0 Å². The molecular formula is C15H21N3S. The lowest BCUT2D eigenvalue weighted by molar-refractivity contribution is 0.135. The summed E-state index contributed by atoms with van der Waals surface area (Å²) >= 11 is 5.30. The fourth-order valence-corrected chi connectivity index (χ4v) is 3.42. The number of piperazine rings is 1. The van der Waals surface area contributed by atoms with E-state index < -0.39 is 0 Å². The Morgan fingerprint density at radius 2 is 1.68 bits per heavy atom. The lowest BCUT2D eigenvalue weighted by atomic mass is 10.1. The Balaban J connectivity index is 1.58. The lowest BCUT2D eigenvalue weighted by Gasteiger charge is -2.38. The summed E-state index contributed by atoms with van der Waals surface area (Å²) in [6, 6.07) is 9.57. The Hall–Kier alpha value is -1.13. The summed E-state index contributed by atoms with van der Waals surface area (Å²) in [6.07, 6.45) is 2.43. The van der Waals surface area contributed by atoms with Crippen molar-refractivity contribution in [1.29, 1.82) is 0 Å². The van der Waals surface area contributed by atoms with Crippen molar-refractivity contribution in [3.8, 4) is 0 Å². The van der Waals surface area contributed by atoms with Crippen molar-refractivity contribution < 1.29 is 0 Å². The highest BCUT2D eigenvalue weighted by atomic mass is 32.1. The molecule has 0 bridgehead atoms. The average Bonchev–Trinajstić information content (AvgIpc) is 2.90. The van der Waals surface area contributed by atoms with E-state index >= 15 is 0 Å². The second-order valence-corrected chi connectivity index (χ2v) is 5.80. The molecule has 1 heterocycles. The molecule has 0 amide bonds. The fraction of sp³-hybridized carbons (Fsp3) is 0.533. The molecule has 1 aliphatic carbocycles. The second-order valence-electron chi connectivity index (χ2n) is 5.41. The van der Waals surface area contributed by atoms with Crippen molar-refractivity contribution in [2.75, 3.05) is 33.2 Å². The third kappa shape index (κ3) is 2.60. The normalized spacial score (nSPS) is 20.4. The van der Waals surface area contributed by atoms with Gasteiger partial charge in [-0.2, -0.15) is 0 Å². The zero-order valence-corrected chi connectivity index (χ0v) is 12.2. The van der Waals surface area contributed by atoms with Crippen molar-refractivity contribution in [2.24, 2.45) is 0 Å². The number of hydrogen-bond donors (Lipinski definition) is 1. The van der Waals surface area contributed by atoms with Crippen LogP contribution >= 0.6 is 12.2 Å². The molecule has 3 nitrogen and oxygen atoms in total. The van der Waals surface area contributed by atoms with E-state index in [9.17, 15) is 0 Å². The highest BCUT2D eigenvalue weighted by Crippen LogP contribution is 2.26. The van der Waals surface area contributed by atoms with Gasteiger partial charge in [-0.15, -0.1) is 0 Å².